The molecule has 45 heavy (non-hydrogen) atoms. The Morgan fingerprint density at radius 3 is 2.09 bits per heavy atom. The molecule has 4 rings (SSSR count). The first-order valence-corrected chi connectivity index (χ1v) is 19.1. The van der Waals surface area contributed by atoms with Crippen LogP contribution in [0.3, 0.4) is 0 Å². The van der Waals surface area contributed by atoms with Crippen molar-refractivity contribution in [3.8, 4) is 0 Å². The Balaban J connectivity index is 1.50. The molecule has 0 saturated carbocycles. The number of rotatable bonds is 20. The van der Waals surface area contributed by atoms with Crippen molar-refractivity contribution in [2.24, 2.45) is 10.2 Å². The summed E-state index contributed by atoms with van der Waals surface area (Å²) in [5.74, 6) is -0.563. The second-order valence-corrected chi connectivity index (χ2v) is 14.3. The van der Waals surface area contributed by atoms with E-state index in [4.69, 9.17) is 11.6 Å². The number of anilines is 2. The van der Waals surface area contributed by atoms with Crippen LogP contribution in [0.15, 0.2) is 63.0 Å². The monoisotopic (exact) mass is 668 g/mol. The van der Waals surface area contributed by atoms with Gasteiger partial charge in [-0.15, -0.1) is 11.3 Å². The molecule has 0 radical (unpaired) electrons. The zero-order chi connectivity index (χ0) is 32.0. The zero-order valence-electron chi connectivity index (χ0n) is 27.3. The highest BCUT2D eigenvalue weighted by molar-refractivity contribution is 8.17. The minimum atomic E-state index is -0.281. The summed E-state index contributed by atoms with van der Waals surface area (Å²) in [6.07, 6.45) is 16.8. The van der Waals surface area contributed by atoms with Crippen molar-refractivity contribution in [1.29, 1.82) is 0 Å². The van der Waals surface area contributed by atoms with Gasteiger partial charge in [-0.1, -0.05) is 121 Å². The second kappa shape index (κ2) is 18.7. The van der Waals surface area contributed by atoms with E-state index in [2.05, 4.69) is 52.6 Å². The van der Waals surface area contributed by atoms with Crippen molar-refractivity contribution >= 4 is 61.9 Å². The number of azo groups is 1. The van der Waals surface area contributed by atoms with Crippen molar-refractivity contribution in [2.45, 2.75) is 111 Å². The van der Waals surface area contributed by atoms with Gasteiger partial charge < -0.3 is 10.0 Å². The predicted octanol–water partition coefficient (Wildman–Crippen LogP) is 10.5. The van der Waals surface area contributed by atoms with E-state index in [1.165, 1.54) is 87.3 Å². The molecule has 2 heterocycles. The number of allylic oxidation sites excluding steroid dienone is 2. The molecule has 2 aliphatic rings. The molecule has 1 aliphatic carbocycles. The van der Waals surface area contributed by atoms with Gasteiger partial charge in [0.15, 0.2) is 10.8 Å². The molecule has 0 atom stereocenters. The lowest BCUT2D eigenvalue weighted by Gasteiger charge is -2.30. The van der Waals surface area contributed by atoms with Gasteiger partial charge in [0.05, 0.1) is 38.7 Å². The van der Waals surface area contributed by atoms with Gasteiger partial charge in [-0.3, -0.25) is 9.37 Å². The summed E-state index contributed by atoms with van der Waals surface area (Å²) in [5, 5.41) is 24.8. The number of halogens is 1. The summed E-state index contributed by atoms with van der Waals surface area (Å²) < 4.78 is 2.27. The Labute approximate surface area is 283 Å². The molecule has 0 bridgehead atoms. The van der Waals surface area contributed by atoms with Crippen molar-refractivity contribution in [3.05, 3.63) is 62.7 Å². The summed E-state index contributed by atoms with van der Waals surface area (Å²) in [6, 6.07) is 12.1. The molecule has 1 aromatic heterocycles. The number of nitrogens with zero attached hydrogens (tertiary/aromatic N) is 4. The summed E-state index contributed by atoms with van der Waals surface area (Å²) in [6.45, 7) is 9.32. The number of carbonyl (C=O) groups is 1. The zero-order valence-corrected chi connectivity index (χ0v) is 29.7. The Bertz CT molecular complexity index is 1400. The van der Waals surface area contributed by atoms with E-state index in [9.17, 15) is 9.90 Å². The first kappa shape index (κ1) is 35.4. The number of thioether (sulfide) groups is 1. The van der Waals surface area contributed by atoms with E-state index in [-0.39, 0.29) is 22.7 Å². The summed E-state index contributed by atoms with van der Waals surface area (Å²) in [5.41, 5.74) is 1.39. The van der Waals surface area contributed by atoms with Gasteiger partial charge in [-0.2, -0.15) is 0 Å². The molecule has 0 amide bonds. The molecule has 0 N–H and O–H groups in total. The SMILES string of the molecule is CCCCCCCCN(c1ccccc1)c1cc(Cl)c(C2=C([O-])/C(=C3\N=NC(=[N+](CCCC)CCCCCCCC)S3)C2=O)s1. The van der Waals surface area contributed by atoms with Gasteiger partial charge >= 0.3 is 5.17 Å². The lowest BCUT2D eigenvalue weighted by atomic mass is 9.88. The number of ketones is 1. The average molecular weight is 669 g/mol. The quantitative estimate of drug-likeness (QED) is 0.0799. The van der Waals surface area contributed by atoms with Crippen LogP contribution < -0.4 is 10.0 Å². The molecule has 0 spiro atoms. The van der Waals surface area contributed by atoms with E-state index in [0.29, 0.717) is 14.9 Å². The molecule has 0 saturated heterocycles. The molecule has 2 aromatic rings. The second-order valence-electron chi connectivity index (χ2n) is 11.9. The van der Waals surface area contributed by atoms with E-state index in [1.54, 1.807) is 0 Å². The Morgan fingerprint density at radius 1 is 0.800 bits per heavy atom. The third-order valence-electron chi connectivity index (χ3n) is 8.34. The van der Waals surface area contributed by atoms with Gasteiger partial charge in [0.1, 0.15) is 0 Å². The van der Waals surface area contributed by atoms with Crippen LogP contribution >= 0.6 is 34.7 Å². The number of benzene rings is 1. The lowest BCUT2D eigenvalue weighted by molar-refractivity contribution is -0.527. The number of thiophene rings is 1. The van der Waals surface area contributed by atoms with Crippen LogP contribution in [-0.4, -0.2) is 35.2 Å². The number of Topliss-reactive ketones (excluding diaryl/α,β-unsaturated/α-hetero) is 1. The number of hydrogen-bond donors (Lipinski definition) is 0. The van der Waals surface area contributed by atoms with Gasteiger partial charge in [0.2, 0.25) is 0 Å². The molecule has 1 aromatic carbocycles. The maximum Gasteiger partial charge on any atom is 0.387 e. The number of unbranched alkanes of at least 4 members (excludes halogenated alkanes) is 11. The highest BCUT2D eigenvalue weighted by Crippen LogP contribution is 2.48. The van der Waals surface area contributed by atoms with Crippen LogP contribution in [0.5, 0.6) is 0 Å². The first-order chi connectivity index (χ1) is 22.0. The molecular formula is C36H49ClN4O2S2. The van der Waals surface area contributed by atoms with Crippen LogP contribution in [0.4, 0.5) is 10.7 Å². The summed E-state index contributed by atoms with van der Waals surface area (Å²) in [7, 11) is 0. The van der Waals surface area contributed by atoms with Crippen LogP contribution in [0.2, 0.25) is 5.02 Å². The third-order valence-corrected chi connectivity index (χ3v) is 10.9. The van der Waals surface area contributed by atoms with Crippen LogP contribution in [0.1, 0.15) is 116 Å². The van der Waals surface area contributed by atoms with Gasteiger partial charge in [-0.05, 0) is 49.0 Å². The molecule has 9 heteroatoms. The standard InChI is InChI=1S/C36H49ClN4O2S2/c1-4-7-10-12-14-19-24-40(23-9-6-3)36-39-38-35(45-36)31-32(42)30(33(31)43)34-28(37)26-29(44-34)41(27-21-17-16-18-22-27)25-20-15-13-11-8-5-2/h16-18,21-22,26H,4-15,19-20,23-25H2,1-3H3. The number of hydrogen-bond acceptors (Lipinski definition) is 6. The van der Waals surface area contributed by atoms with Crippen molar-refractivity contribution in [1.82, 2.24) is 0 Å². The van der Waals surface area contributed by atoms with Crippen LogP contribution in [0, 0.1) is 0 Å². The molecule has 0 unspecified atom stereocenters. The van der Waals surface area contributed by atoms with E-state index in [1.807, 2.05) is 24.3 Å². The highest BCUT2D eigenvalue weighted by Gasteiger charge is 2.38. The highest BCUT2D eigenvalue weighted by atomic mass is 35.5. The van der Waals surface area contributed by atoms with Gasteiger partial charge in [-0.25, -0.2) is 0 Å². The van der Waals surface area contributed by atoms with Crippen LogP contribution in [0.25, 0.3) is 5.57 Å². The normalized spacial score (nSPS) is 17.4. The summed E-state index contributed by atoms with van der Waals surface area (Å²) >= 11 is 9.50. The number of amidine groups is 1. The summed E-state index contributed by atoms with van der Waals surface area (Å²) in [4.78, 5) is 16.3. The van der Waals surface area contributed by atoms with Crippen molar-refractivity contribution in [2.75, 3.05) is 24.5 Å². The van der Waals surface area contributed by atoms with Crippen molar-refractivity contribution in [3.63, 3.8) is 0 Å². The van der Waals surface area contributed by atoms with Crippen molar-refractivity contribution < 1.29 is 14.5 Å². The Morgan fingerprint density at radius 2 is 1.42 bits per heavy atom. The fourth-order valence-electron chi connectivity index (χ4n) is 5.66. The topological polar surface area (TPSA) is 71.1 Å². The maximum atomic E-state index is 13.5. The minimum absolute atomic E-state index is 0.141. The Hall–Kier alpha value is -2.42. The fourth-order valence-corrected chi connectivity index (χ4v) is 8.11. The molecule has 6 nitrogen and oxygen atoms in total. The smallest absolute Gasteiger partial charge is 0.387 e. The molecule has 1 aliphatic heterocycles. The molecule has 244 valence electrons. The first-order valence-electron chi connectivity index (χ1n) is 17.0. The number of para-hydroxylation sites is 1. The number of carbonyl (C=O) groups excluding carboxylic acids is 1. The van der Waals surface area contributed by atoms with E-state index in [0.717, 1.165) is 61.2 Å². The lowest BCUT2D eigenvalue weighted by Crippen LogP contribution is -2.29. The minimum Gasteiger partial charge on any atom is -0.871 e. The average Bonchev–Trinajstić information content (AvgIpc) is 3.67. The van der Waals surface area contributed by atoms with E-state index < -0.39 is 0 Å². The van der Waals surface area contributed by atoms with Gasteiger partial charge in [0.25, 0.3) is 0 Å². The maximum absolute atomic E-state index is 13.5. The van der Waals surface area contributed by atoms with E-state index >= 15 is 0 Å². The Kier molecular flexibility index (Phi) is 14.7. The largest absolute Gasteiger partial charge is 0.871 e. The fraction of sp³-hybridized carbons (Fsp3) is 0.556. The molecule has 0 fully saturated rings. The third kappa shape index (κ3) is 9.55. The predicted molar refractivity (Wildman–Crippen MR) is 191 cm³/mol. The van der Waals surface area contributed by atoms with Gasteiger partial charge in [0, 0.05) is 29.6 Å². The van der Waals surface area contributed by atoms with Crippen LogP contribution in [-0.2, 0) is 4.79 Å². The molecular weight excluding hydrogens is 620 g/mol.